The molecule has 3 aromatic rings. The highest BCUT2D eigenvalue weighted by Crippen LogP contribution is 2.28. The first kappa shape index (κ1) is 13.9. The lowest BCUT2D eigenvalue weighted by atomic mass is 10.1. The second kappa shape index (κ2) is 5.15. The number of benzene rings is 1. The van der Waals surface area contributed by atoms with Crippen molar-refractivity contribution in [3.05, 3.63) is 53.2 Å². The first-order valence-corrected chi connectivity index (χ1v) is 7.45. The molecule has 116 valence electrons. The number of pyridine rings is 1. The molecular weight excluding hydrogens is 295 g/mol. The summed E-state index contributed by atoms with van der Waals surface area (Å²) in [6.45, 7) is 1.55. The predicted octanol–water partition coefficient (Wildman–Crippen LogP) is 2.48. The minimum absolute atomic E-state index is 0.363. The molecule has 0 N–H and O–H groups in total. The molecule has 6 heteroatoms. The lowest BCUT2D eigenvalue weighted by Gasteiger charge is -2.29. The van der Waals surface area contributed by atoms with Crippen molar-refractivity contribution in [2.75, 3.05) is 11.4 Å². The monoisotopic (exact) mass is 310 g/mol. The highest BCUT2D eigenvalue weighted by Gasteiger charge is 2.21. The van der Waals surface area contributed by atoms with Gasteiger partial charge in [0.1, 0.15) is 5.82 Å². The molecule has 23 heavy (non-hydrogen) atoms. The summed E-state index contributed by atoms with van der Waals surface area (Å²) in [5, 5.41) is 4.67. The Morgan fingerprint density at radius 2 is 2.17 bits per heavy atom. The fraction of sp³-hybridized carbons (Fsp3) is 0.235. The van der Waals surface area contributed by atoms with Gasteiger partial charge in [0.25, 0.3) is 0 Å². The van der Waals surface area contributed by atoms with Crippen molar-refractivity contribution in [3.63, 3.8) is 0 Å². The Morgan fingerprint density at radius 1 is 1.30 bits per heavy atom. The number of halogens is 1. The molecule has 0 unspecified atom stereocenters. The summed E-state index contributed by atoms with van der Waals surface area (Å²) in [6.07, 6.45) is 5.22. The second-order valence-electron chi connectivity index (χ2n) is 5.76. The van der Waals surface area contributed by atoms with Crippen LogP contribution in [0.2, 0.25) is 0 Å². The van der Waals surface area contributed by atoms with E-state index in [9.17, 15) is 9.18 Å². The summed E-state index contributed by atoms with van der Waals surface area (Å²) in [7, 11) is 1.93. The zero-order valence-electron chi connectivity index (χ0n) is 12.7. The van der Waals surface area contributed by atoms with Gasteiger partial charge in [-0.2, -0.15) is 5.10 Å². The molecule has 0 saturated carbocycles. The van der Waals surface area contributed by atoms with Gasteiger partial charge in [-0.15, -0.1) is 0 Å². The lowest BCUT2D eigenvalue weighted by molar-refractivity contribution is 0.112. The van der Waals surface area contributed by atoms with Gasteiger partial charge in [-0.1, -0.05) is 0 Å². The predicted molar refractivity (Wildman–Crippen MR) is 85.1 cm³/mol. The number of carbonyl (C=O) groups excluding carboxylic acids is 1. The van der Waals surface area contributed by atoms with Crippen LogP contribution in [0.4, 0.5) is 10.1 Å². The summed E-state index contributed by atoms with van der Waals surface area (Å²) < 4.78 is 16.0. The number of hydrogen-bond acceptors (Lipinski definition) is 4. The van der Waals surface area contributed by atoms with Gasteiger partial charge >= 0.3 is 0 Å². The Balaban J connectivity index is 1.77. The summed E-state index contributed by atoms with van der Waals surface area (Å²) in [4.78, 5) is 17.6. The zero-order chi connectivity index (χ0) is 16.0. The smallest absolute Gasteiger partial charge is 0.152 e. The maximum atomic E-state index is 14.1. The normalized spacial score (nSPS) is 14.1. The second-order valence-corrected chi connectivity index (χ2v) is 5.76. The molecule has 0 fully saturated rings. The number of nitrogens with zero attached hydrogens (tertiary/aromatic N) is 4. The summed E-state index contributed by atoms with van der Waals surface area (Å²) in [6, 6.07) is 4.54. The summed E-state index contributed by atoms with van der Waals surface area (Å²) >= 11 is 0. The fourth-order valence-corrected chi connectivity index (χ4v) is 3.12. The van der Waals surface area contributed by atoms with Crippen LogP contribution < -0.4 is 4.90 Å². The van der Waals surface area contributed by atoms with Crippen LogP contribution in [0.1, 0.15) is 21.6 Å². The fourth-order valence-electron chi connectivity index (χ4n) is 3.12. The van der Waals surface area contributed by atoms with Crippen molar-refractivity contribution in [1.82, 2.24) is 14.8 Å². The number of anilines is 1. The van der Waals surface area contributed by atoms with Crippen LogP contribution in [-0.4, -0.2) is 27.6 Å². The van der Waals surface area contributed by atoms with Gasteiger partial charge in [0.05, 0.1) is 35.8 Å². The van der Waals surface area contributed by atoms with E-state index in [2.05, 4.69) is 15.0 Å². The first-order chi connectivity index (χ1) is 11.2. The van der Waals surface area contributed by atoms with E-state index in [0.29, 0.717) is 29.3 Å². The Bertz CT molecular complexity index is 918. The van der Waals surface area contributed by atoms with Gasteiger partial charge in [0.15, 0.2) is 6.29 Å². The minimum atomic E-state index is -0.363. The number of aryl methyl sites for hydroxylation is 1. The average Bonchev–Trinajstić information content (AvgIpc) is 2.96. The molecule has 0 saturated heterocycles. The van der Waals surface area contributed by atoms with Gasteiger partial charge in [-0.25, -0.2) is 4.39 Å². The van der Waals surface area contributed by atoms with Crippen molar-refractivity contribution < 1.29 is 9.18 Å². The number of hydrogen-bond donors (Lipinski definition) is 0. The Labute approximate surface area is 132 Å². The van der Waals surface area contributed by atoms with E-state index < -0.39 is 0 Å². The molecule has 0 spiro atoms. The maximum absolute atomic E-state index is 14.1. The quantitative estimate of drug-likeness (QED) is 0.682. The molecule has 0 amide bonds. The van der Waals surface area contributed by atoms with Crippen molar-refractivity contribution in [1.29, 1.82) is 0 Å². The Kier molecular flexibility index (Phi) is 3.11. The van der Waals surface area contributed by atoms with Crippen molar-refractivity contribution >= 4 is 22.9 Å². The maximum Gasteiger partial charge on any atom is 0.152 e. The molecule has 0 radical (unpaired) electrons. The molecule has 2 aromatic heterocycles. The van der Waals surface area contributed by atoms with Crippen LogP contribution in [-0.2, 0) is 20.0 Å². The van der Waals surface area contributed by atoms with Crippen LogP contribution in [0.15, 0.2) is 30.6 Å². The van der Waals surface area contributed by atoms with Crippen LogP contribution in [0.5, 0.6) is 0 Å². The van der Waals surface area contributed by atoms with Crippen molar-refractivity contribution in [2.24, 2.45) is 7.05 Å². The number of aldehydes is 1. The molecule has 1 aliphatic rings. The van der Waals surface area contributed by atoms with Gasteiger partial charge in [-0.05, 0) is 30.2 Å². The van der Waals surface area contributed by atoms with Gasteiger partial charge in [0, 0.05) is 24.5 Å². The molecule has 0 atom stereocenters. The van der Waals surface area contributed by atoms with Crippen LogP contribution in [0, 0.1) is 5.82 Å². The topological polar surface area (TPSA) is 51.0 Å². The first-order valence-electron chi connectivity index (χ1n) is 7.45. The number of fused-ring (bicyclic) bond motifs is 2. The van der Waals surface area contributed by atoms with E-state index in [1.807, 2.05) is 17.9 Å². The largest absolute Gasteiger partial charge is 0.364 e. The van der Waals surface area contributed by atoms with E-state index in [1.54, 1.807) is 12.3 Å². The molecule has 1 aliphatic heterocycles. The third-order valence-corrected chi connectivity index (χ3v) is 4.45. The Morgan fingerprint density at radius 3 is 3.00 bits per heavy atom. The molecule has 0 aliphatic carbocycles. The third kappa shape index (κ3) is 2.18. The Hall–Kier alpha value is -2.76. The molecular formula is C17H15FN4O. The van der Waals surface area contributed by atoms with Gasteiger partial charge in [0.2, 0.25) is 0 Å². The van der Waals surface area contributed by atoms with Crippen LogP contribution in [0.25, 0.3) is 10.9 Å². The summed E-state index contributed by atoms with van der Waals surface area (Å²) in [5.41, 5.74) is 4.08. The van der Waals surface area contributed by atoms with Crippen LogP contribution in [0.3, 0.4) is 0 Å². The van der Waals surface area contributed by atoms with Gasteiger partial charge < -0.3 is 4.90 Å². The highest BCUT2D eigenvalue weighted by atomic mass is 19.1. The number of carbonyl (C=O) groups is 1. The van der Waals surface area contributed by atoms with E-state index in [4.69, 9.17) is 0 Å². The molecule has 3 heterocycles. The average molecular weight is 310 g/mol. The SMILES string of the molecule is Cn1ncc2c1CN(c1cnc3c(C=O)ccc(F)c3c1)CC2. The molecule has 0 bridgehead atoms. The molecule has 4 rings (SSSR count). The third-order valence-electron chi connectivity index (χ3n) is 4.45. The van der Waals surface area contributed by atoms with E-state index in [1.165, 1.54) is 23.4 Å². The summed E-state index contributed by atoms with van der Waals surface area (Å²) in [5.74, 6) is -0.363. The van der Waals surface area contributed by atoms with E-state index >= 15 is 0 Å². The van der Waals surface area contributed by atoms with Crippen molar-refractivity contribution in [3.8, 4) is 0 Å². The van der Waals surface area contributed by atoms with E-state index in [-0.39, 0.29) is 5.82 Å². The van der Waals surface area contributed by atoms with Gasteiger partial charge in [-0.3, -0.25) is 14.5 Å². The van der Waals surface area contributed by atoms with Crippen LogP contribution >= 0.6 is 0 Å². The minimum Gasteiger partial charge on any atom is -0.364 e. The number of aromatic nitrogens is 3. The zero-order valence-corrected chi connectivity index (χ0v) is 12.7. The lowest BCUT2D eigenvalue weighted by Crippen LogP contribution is -2.31. The molecule has 5 nitrogen and oxygen atoms in total. The van der Waals surface area contributed by atoms with E-state index in [0.717, 1.165) is 18.7 Å². The number of rotatable bonds is 2. The van der Waals surface area contributed by atoms with Crippen molar-refractivity contribution in [2.45, 2.75) is 13.0 Å². The molecule has 1 aromatic carbocycles. The highest BCUT2D eigenvalue weighted by molar-refractivity contribution is 5.96. The standard InChI is InChI=1S/C17H15FN4O/c1-21-16-9-22(5-4-11(16)7-20-21)13-6-14-15(18)3-2-12(10-23)17(14)19-8-13/h2-3,6-8,10H,4-5,9H2,1H3.